The summed E-state index contributed by atoms with van der Waals surface area (Å²) in [6.07, 6.45) is 1.29. The molecule has 1 aliphatic rings. The molecule has 0 radical (unpaired) electrons. The van der Waals surface area contributed by atoms with Crippen LogP contribution in [0.15, 0.2) is 17.1 Å². The van der Waals surface area contributed by atoms with E-state index in [9.17, 15) is 19.0 Å². The molecule has 0 spiro atoms. The van der Waals surface area contributed by atoms with Gasteiger partial charge >= 0.3 is 21.3 Å². The third kappa shape index (κ3) is 5.46. The number of aliphatic hydroxyl groups is 1. The molecule has 1 fully saturated rings. The van der Waals surface area contributed by atoms with Crippen LogP contribution in [-0.2, 0) is 31.5 Å². The van der Waals surface area contributed by atoms with Gasteiger partial charge in [-0.2, -0.15) is 9.29 Å². The number of phosphoric acid groups is 2. The summed E-state index contributed by atoms with van der Waals surface area (Å²) in [5, 5.41) is 10.2. The summed E-state index contributed by atoms with van der Waals surface area (Å²) < 4.78 is 49.5. The summed E-state index contributed by atoms with van der Waals surface area (Å²) in [4.78, 5) is 15.6. The van der Waals surface area contributed by atoms with E-state index in [0.717, 1.165) is 21.3 Å². The van der Waals surface area contributed by atoms with E-state index in [0.29, 0.717) is 6.42 Å². The van der Waals surface area contributed by atoms with Crippen LogP contribution in [0.5, 0.6) is 0 Å². The van der Waals surface area contributed by atoms with E-state index in [-0.39, 0.29) is 24.9 Å². The fraction of sp³-hybridized carbons (Fsp3) is 0.692. The molecular formula is C13H23N3O9P2. The maximum atomic E-state index is 12.5. The second-order valence-corrected chi connectivity index (χ2v) is 9.61. The van der Waals surface area contributed by atoms with Crippen LogP contribution in [0.1, 0.15) is 18.9 Å². The molecule has 4 atom stereocenters. The highest BCUT2D eigenvalue weighted by molar-refractivity contribution is 7.62. The van der Waals surface area contributed by atoms with Gasteiger partial charge in [-0.1, -0.05) is 0 Å². The molecule has 1 heterocycles. The molecule has 27 heavy (non-hydrogen) atoms. The normalized spacial score (nSPS) is 25.4. The first-order chi connectivity index (χ1) is 12.6. The van der Waals surface area contributed by atoms with E-state index in [4.69, 9.17) is 19.1 Å². The topological polar surface area (TPSA) is 161 Å². The molecule has 1 aromatic rings. The molecule has 1 aliphatic carbocycles. The Hall–Kier alpha value is -1.10. The summed E-state index contributed by atoms with van der Waals surface area (Å²) in [6, 6.07) is 1.15. The average molecular weight is 427 g/mol. The second-order valence-electron chi connectivity index (χ2n) is 5.81. The number of nitrogens with zero attached hydrogens (tertiary/aromatic N) is 2. The van der Waals surface area contributed by atoms with Gasteiger partial charge in [0.15, 0.2) is 0 Å². The van der Waals surface area contributed by atoms with Crippen LogP contribution in [-0.4, -0.2) is 48.7 Å². The van der Waals surface area contributed by atoms with Crippen LogP contribution < -0.4 is 11.4 Å². The van der Waals surface area contributed by atoms with Crippen molar-refractivity contribution in [2.24, 2.45) is 5.92 Å². The number of hydrogen-bond acceptors (Lipinski definition) is 11. The zero-order chi connectivity index (χ0) is 20.2. The predicted octanol–water partition coefficient (Wildman–Crippen LogP) is 1.33. The Kier molecular flexibility index (Phi) is 7.34. The first-order valence-corrected chi connectivity index (χ1v) is 10.8. The lowest BCUT2D eigenvalue weighted by Gasteiger charge is -2.22. The van der Waals surface area contributed by atoms with Crippen molar-refractivity contribution in [3.05, 3.63) is 22.7 Å². The van der Waals surface area contributed by atoms with Gasteiger partial charge in [-0.15, -0.1) is 0 Å². The molecule has 1 saturated carbocycles. The van der Waals surface area contributed by atoms with Crippen LogP contribution in [0, 0.1) is 5.92 Å². The quantitative estimate of drug-likeness (QED) is 0.547. The SMILES string of the molecule is COP(=O)(OC)OP(=O)(OC)OCC1CC(n2ccc(N)nc2=O)CC1O. The minimum atomic E-state index is -4.26. The molecular weight excluding hydrogens is 404 g/mol. The van der Waals surface area contributed by atoms with E-state index >= 15 is 0 Å². The third-order valence-corrected chi connectivity index (χ3v) is 7.60. The lowest BCUT2D eigenvalue weighted by molar-refractivity contribution is 0.0772. The number of nitrogen functional groups attached to an aromatic ring is 1. The molecule has 14 heteroatoms. The second kappa shape index (κ2) is 8.93. The number of nitrogens with two attached hydrogens (primary N) is 1. The summed E-state index contributed by atoms with van der Waals surface area (Å²) >= 11 is 0. The van der Waals surface area contributed by atoms with E-state index in [2.05, 4.69) is 14.0 Å². The van der Waals surface area contributed by atoms with E-state index in [1.807, 2.05) is 0 Å². The molecule has 0 amide bonds. The number of rotatable bonds is 9. The largest absolute Gasteiger partial charge is 0.483 e. The number of anilines is 1. The van der Waals surface area contributed by atoms with Crippen molar-refractivity contribution < 1.29 is 36.6 Å². The third-order valence-electron chi connectivity index (χ3n) is 4.20. The molecule has 3 N–H and O–H groups in total. The lowest BCUT2D eigenvalue weighted by atomic mass is 10.1. The van der Waals surface area contributed by atoms with Crippen molar-refractivity contribution in [1.82, 2.24) is 9.55 Å². The predicted molar refractivity (Wildman–Crippen MR) is 94.0 cm³/mol. The Morgan fingerprint density at radius 3 is 2.41 bits per heavy atom. The van der Waals surface area contributed by atoms with E-state index < -0.39 is 33.4 Å². The minimum Gasteiger partial charge on any atom is -0.393 e. The summed E-state index contributed by atoms with van der Waals surface area (Å²) in [5.41, 5.74) is 4.94. The summed E-state index contributed by atoms with van der Waals surface area (Å²) in [5.74, 6) is -0.371. The molecule has 0 saturated heterocycles. The van der Waals surface area contributed by atoms with Gasteiger partial charge < -0.3 is 10.8 Å². The number of aliphatic hydroxyl groups excluding tert-OH is 1. The Morgan fingerprint density at radius 2 is 1.85 bits per heavy atom. The van der Waals surface area contributed by atoms with E-state index in [1.54, 1.807) is 0 Å². The number of phosphoric ester groups is 2. The monoisotopic (exact) mass is 427 g/mol. The van der Waals surface area contributed by atoms with Gasteiger partial charge in [0.05, 0.1) is 12.7 Å². The van der Waals surface area contributed by atoms with Crippen molar-refractivity contribution in [1.29, 1.82) is 0 Å². The van der Waals surface area contributed by atoms with Crippen molar-refractivity contribution in [2.45, 2.75) is 25.0 Å². The lowest BCUT2D eigenvalue weighted by Crippen LogP contribution is -2.26. The molecule has 2 rings (SSSR count). The van der Waals surface area contributed by atoms with Gasteiger partial charge in [-0.25, -0.2) is 13.9 Å². The highest BCUT2D eigenvalue weighted by atomic mass is 31.3. The molecule has 0 aromatic carbocycles. The Bertz CT molecular complexity index is 793. The molecule has 1 aromatic heterocycles. The first-order valence-electron chi connectivity index (χ1n) is 7.91. The number of aromatic nitrogens is 2. The zero-order valence-electron chi connectivity index (χ0n) is 15.1. The van der Waals surface area contributed by atoms with Crippen LogP contribution >= 0.6 is 15.6 Å². The molecule has 154 valence electrons. The highest BCUT2D eigenvalue weighted by Crippen LogP contribution is 2.65. The smallest absolute Gasteiger partial charge is 0.393 e. The Morgan fingerprint density at radius 1 is 1.22 bits per heavy atom. The average Bonchev–Trinajstić information content (AvgIpc) is 3.00. The molecule has 0 aliphatic heterocycles. The van der Waals surface area contributed by atoms with Crippen molar-refractivity contribution in [3.63, 3.8) is 0 Å². The zero-order valence-corrected chi connectivity index (χ0v) is 16.9. The van der Waals surface area contributed by atoms with Crippen molar-refractivity contribution >= 4 is 21.5 Å². The van der Waals surface area contributed by atoms with Gasteiger partial charge in [0.1, 0.15) is 5.82 Å². The fourth-order valence-electron chi connectivity index (χ4n) is 2.74. The summed E-state index contributed by atoms with van der Waals surface area (Å²) in [7, 11) is -5.23. The van der Waals surface area contributed by atoms with Crippen LogP contribution in [0.25, 0.3) is 0 Å². The van der Waals surface area contributed by atoms with Crippen LogP contribution in [0.3, 0.4) is 0 Å². The molecule has 0 bridgehead atoms. The van der Waals surface area contributed by atoms with E-state index in [1.165, 1.54) is 16.8 Å². The minimum absolute atomic E-state index is 0.105. The van der Waals surface area contributed by atoms with Crippen LogP contribution in [0.2, 0.25) is 0 Å². The molecule has 4 unspecified atom stereocenters. The van der Waals surface area contributed by atoms with Crippen LogP contribution in [0.4, 0.5) is 5.82 Å². The maximum absolute atomic E-state index is 12.5. The molecule has 12 nitrogen and oxygen atoms in total. The highest BCUT2D eigenvalue weighted by Gasteiger charge is 2.41. The fourth-order valence-corrected chi connectivity index (χ4v) is 5.34. The van der Waals surface area contributed by atoms with Gasteiger partial charge in [0.25, 0.3) is 0 Å². The van der Waals surface area contributed by atoms with Gasteiger partial charge in [-0.05, 0) is 18.9 Å². The van der Waals surface area contributed by atoms with Gasteiger partial charge in [0, 0.05) is 39.5 Å². The van der Waals surface area contributed by atoms with Gasteiger partial charge in [-0.3, -0.25) is 22.7 Å². The number of hydrogen-bond donors (Lipinski definition) is 2. The summed E-state index contributed by atoms with van der Waals surface area (Å²) in [6.45, 7) is -0.229. The maximum Gasteiger partial charge on any atom is 0.483 e. The van der Waals surface area contributed by atoms with Crippen molar-refractivity contribution in [3.8, 4) is 0 Å². The standard InChI is InChI=1S/C13H23N3O9P2/c1-21-26(19,22-2)25-27(20,23-3)24-8-9-6-10(7-11(9)17)16-5-4-12(14)15-13(16)18/h4-5,9-11,17H,6-8H2,1-3H3,(H2,14,15,18). The Labute approximate surface area is 155 Å². The van der Waals surface area contributed by atoms with Crippen molar-refractivity contribution in [2.75, 3.05) is 33.7 Å². The Balaban J connectivity index is 2.04. The van der Waals surface area contributed by atoms with Gasteiger partial charge in [0.2, 0.25) is 0 Å². The first kappa shape index (κ1) is 22.2.